The van der Waals surface area contributed by atoms with Crippen LogP contribution in [0.25, 0.3) is 0 Å². The highest BCUT2D eigenvalue weighted by atomic mass is 35.5. The van der Waals surface area contributed by atoms with E-state index in [-0.39, 0.29) is 11.9 Å². The van der Waals surface area contributed by atoms with Gasteiger partial charge in [-0.25, -0.2) is 0 Å². The van der Waals surface area contributed by atoms with Gasteiger partial charge in [-0.05, 0) is 36.6 Å². The van der Waals surface area contributed by atoms with Crippen molar-refractivity contribution in [2.45, 2.75) is 25.8 Å². The molecule has 0 aliphatic rings. The largest absolute Gasteiger partial charge is 0.353 e. The van der Waals surface area contributed by atoms with Gasteiger partial charge in [-0.15, -0.1) is 0 Å². The van der Waals surface area contributed by atoms with Crippen molar-refractivity contribution in [2.75, 3.05) is 0 Å². The maximum atomic E-state index is 11.9. The van der Waals surface area contributed by atoms with E-state index in [1.807, 2.05) is 43.3 Å². The molecular weight excluding hydrogens is 272 g/mol. The summed E-state index contributed by atoms with van der Waals surface area (Å²) in [6.07, 6.45) is 4.47. The summed E-state index contributed by atoms with van der Waals surface area (Å²) in [6, 6.07) is 11.5. The zero-order chi connectivity index (χ0) is 14.4. The van der Waals surface area contributed by atoms with E-state index in [4.69, 9.17) is 11.6 Å². The predicted molar refractivity (Wildman–Crippen MR) is 80.7 cm³/mol. The minimum atomic E-state index is -0.00227. The summed E-state index contributed by atoms with van der Waals surface area (Å²) in [5.41, 5.74) is 1.96. The third-order valence-corrected chi connectivity index (χ3v) is 3.35. The van der Waals surface area contributed by atoms with Crippen molar-refractivity contribution in [2.24, 2.45) is 0 Å². The van der Waals surface area contributed by atoms with Crippen molar-refractivity contribution >= 4 is 17.5 Å². The number of carbonyl (C=O) groups excluding carboxylic acids is 1. The average Bonchev–Trinajstić information content (AvgIpc) is 2.42. The van der Waals surface area contributed by atoms with Crippen LogP contribution in [0.4, 0.5) is 0 Å². The Labute approximate surface area is 124 Å². The van der Waals surface area contributed by atoms with Crippen LogP contribution >= 0.6 is 11.6 Å². The SMILES string of the molecule is CC(Cc1ccccc1Cl)NC(=O)Cc1cccnc1. The standard InChI is InChI=1S/C16H17ClN2O/c1-12(9-14-6-2-3-7-15(14)17)19-16(20)10-13-5-4-8-18-11-13/h2-8,11-12H,9-10H2,1H3,(H,19,20). The first-order chi connectivity index (χ1) is 9.65. The predicted octanol–water partition coefficient (Wildman–Crippen LogP) is 3.02. The maximum absolute atomic E-state index is 11.9. The molecule has 0 bridgehead atoms. The van der Waals surface area contributed by atoms with E-state index in [1.165, 1.54) is 0 Å². The number of rotatable bonds is 5. The number of carbonyl (C=O) groups is 1. The molecule has 2 rings (SSSR count). The van der Waals surface area contributed by atoms with E-state index in [0.29, 0.717) is 6.42 Å². The molecule has 1 atom stereocenters. The molecule has 0 fully saturated rings. The van der Waals surface area contributed by atoms with Crippen molar-refractivity contribution < 1.29 is 4.79 Å². The molecule has 20 heavy (non-hydrogen) atoms. The first-order valence-electron chi connectivity index (χ1n) is 6.57. The van der Waals surface area contributed by atoms with Gasteiger partial charge in [-0.2, -0.15) is 0 Å². The Morgan fingerprint density at radius 2 is 2.10 bits per heavy atom. The van der Waals surface area contributed by atoms with Gasteiger partial charge in [0.25, 0.3) is 0 Å². The Morgan fingerprint density at radius 1 is 1.30 bits per heavy atom. The molecular formula is C16H17ClN2O. The van der Waals surface area contributed by atoms with Crippen LogP contribution in [0, 0.1) is 0 Å². The second kappa shape index (κ2) is 7.06. The van der Waals surface area contributed by atoms with Gasteiger partial charge in [0.05, 0.1) is 6.42 Å². The number of benzene rings is 1. The van der Waals surface area contributed by atoms with E-state index >= 15 is 0 Å². The fourth-order valence-electron chi connectivity index (χ4n) is 2.06. The first-order valence-corrected chi connectivity index (χ1v) is 6.94. The van der Waals surface area contributed by atoms with Gasteiger partial charge in [0, 0.05) is 23.5 Å². The summed E-state index contributed by atoms with van der Waals surface area (Å²) in [4.78, 5) is 15.9. The van der Waals surface area contributed by atoms with E-state index in [2.05, 4.69) is 10.3 Å². The number of hydrogen-bond donors (Lipinski definition) is 1. The van der Waals surface area contributed by atoms with Gasteiger partial charge in [0.1, 0.15) is 0 Å². The number of nitrogens with one attached hydrogen (secondary N) is 1. The molecule has 4 heteroatoms. The fourth-order valence-corrected chi connectivity index (χ4v) is 2.27. The van der Waals surface area contributed by atoms with Crippen LogP contribution in [0.1, 0.15) is 18.1 Å². The molecule has 1 amide bonds. The molecule has 1 heterocycles. The van der Waals surface area contributed by atoms with Crippen molar-refractivity contribution in [3.05, 3.63) is 64.9 Å². The highest BCUT2D eigenvalue weighted by Crippen LogP contribution is 2.16. The molecule has 1 aromatic carbocycles. The number of halogens is 1. The highest BCUT2D eigenvalue weighted by molar-refractivity contribution is 6.31. The molecule has 0 saturated carbocycles. The average molecular weight is 289 g/mol. The molecule has 3 nitrogen and oxygen atoms in total. The number of aromatic nitrogens is 1. The molecule has 0 spiro atoms. The number of amides is 1. The summed E-state index contributed by atoms with van der Waals surface area (Å²) in [5.74, 6) is -0.00227. The van der Waals surface area contributed by atoms with Crippen molar-refractivity contribution in [3.8, 4) is 0 Å². The highest BCUT2D eigenvalue weighted by Gasteiger charge is 2.10. The summed E-state index contributed by atoms with van der Waals surface area (Å²) in [7, 11) is 0. The Morgan fingerprint density at radius 3 is 2.80 bits per heavy atom. The van der Waals surface area contributed by atoms with E-state index in [0.717, 1.165) is 22.6 Å². The summed E-state index contributed by atoms with van der Waals surface area (Å²) in [6.45, 7) is 1.98. The Hall–Kier alpha value is -1.87. The van der Waals surface area contributed by atoms with Gasteiger partial charge in [-0.1, -0.05) is 35.9 Å². The lowest BCUT2D eigenvalue weighted by Crippen LogP contribution is -2.35. The van der Waals surface area contributed by atoms with Crippen LogP contribution < -0.4 is 5.32 Å². The molecule has 0 aliphatic heterocycles. The fraction of sp³-hybridized carbons (Fsp3) is 0.250. The van der Waals surface area contributed by atoms with Crippen LogP contribution in [-0.2, 0) is 17.6 Å². The molecule has 2 aromatic rings. The maximum Gasteiger partial charge on any atom is 0.224 e. The van der Waals surface area contributed by atoms with E-state index in [1.54, 1.807) is 12.4 Å². The molecule has 0 saturated heterocycles. The number of pyridine rings is 1. The van der Waals surface area contributed by atoms with Crippen molar-refractivity contribution in [3.63, 3.8) is 0 Å². The summed E-state index contributed by atoms with van der Waals surface area (Å²) >= 11 is 6.11. The third kappa shape index (κ3) is 4.35. The number of hydrogen-bond acceptors (Lipinski definition) is 2. The van der Waals surface area contributed by atoms with Crippen LogP contribution in [0.5, 0.6) is 0 Å². The molecule has 0 radical (unpaired) electrons. The van der Waals surface area contributed by atoms with Crippen LogP contribution in [0.15, 0.2) is 48.8 Å². The van der Waals surface area contributed by atoms with E-state index < -0.39 is 0 Å². The zero-order valence-electron chi connectivity index (χ0n) is 11.3. The molecule has 1 aromatic heterocycles. The molecule has 104 valence electrons. The van der Waals surface area contributed by atoms with Gasteiger partial charge < -0.3 is 5.32 Å². The zero-order valence-corrected chi connectivity index (χ0v) is 12.1. The summed E-state index contributed by atoms with van der Waals surface area (Å²) in [5, 5.41) is 3.72. The van der Waals surface area contributed by atoms with Crippen LogP contribution in [0.2, 0.25) is 5.02 Å². The lowest BCUT2D eigenvalue weighted by atomic mass is 10.1. The van der Waals surface area contributed by atoms with E-state index in [9.17, 15) is 4.79 Å². The lowest BCUT2D eigenvalue weighted by Gasteiger charge is -2.14. The van der Waals surface area contributed by atoms with Crippen LogP contribution in [0.3, 0.4) is 0 Å². The minimum Gasteiger partial charge on any atom is -0.353 e. The van der Waals surface area contributed by atoms with Gasteiger partial charge >= 0.3 is 0 Å². The summed E-state index contributed by atoms with van der Waals surface area (Å²) < 4.78 is 0. The number of nitrogens with zero attached hydrogens (tertiary/aromatic N) is 1. The lowest BCUT2D eigenvalue weighted by molar-refractivity contribution is -0.121. The van der Waals surface area contributed by atoms with Gasteiger partial charge in [-0.3, -0.25) is 9.78 Å². The molecule has 1 unspecified atom stereocenters. The minimum absolute atomic E-state index is 0.00227. The van der Waals surface area contributed by atoms with Gasteiger partial charge in [0.2, 0.25) is 5.91 Å². The monoisotopic (exact) mass is 288 g/mol. The Bertz CT molecular complexity index is 572. The molecule has 1 N–H and O–H groups in total. The third-order valence-electron chi connectivity index (χ3n) is 2.98. The normalized spacial score (nSPS) is 11.9. The Balaban J connectivity index is 1.87. The van der Waals surface area contributed by atoms with Crippen LogP contribution in [-0.4, -0.2) is 16.9 Å². The quantitative estimate of drug-likeness (QED) is 0.919. The second-order valence-corrected chi connectivity index (χ2v) is 5.21. The van der Waals surface area contributed by atoms with Crippen molar-refractivity contribution in [1.29, 1.82) is 0 Å². The smallest absolute Gasteiger partial charge is 0.224 e. The van der Waals surface area contributed by atoms with Gasteiger partial charge in [0.15, 0.2) is 0 Å². The first kappa shape index (κ1) is 14.5. The topological polar surface area (TPSA) is 42.0 Å². The van der Waals surface area contributed by atoms with Crippen molar-refractivity contribution in [1.82, 2.24) is 10.3 Å². The Kier molecular flexibility index (Phi) is 5.13. The molecule has 0 aliphatic carbocycles. The second-order valence-electron chi connectivity index (χ2n) is 4.80.